The van der Waals surface area contributed by atoms with E-state index in [2.05, 4.69) is 57.1 Å². The minimum Gasteiger partial charge on any atom is -0.310 e. The van der Waals surface area contributed by atoms with Crippen molar-refractivity contribution in [1.82, 2.24) is 5.32 Å². The SMILES string of the molecule is CCNC1CCc2ccc(-c3cscc3Br)cc21. The lowest BCUT2D eigenvalue weighted by molar-refractivity contribution is 0.549. The Hall–Kier alpha value is -0.640. The zero-order valence-electron chi connectivity index (χ0n) is 10.4. The van der Waals surface area contributed by atoms with Crippen molar-refractivity contribution in [3.8, 4) is 11.1 Å². The van der Waals surface area contributed by atoms with Crippen molar-refractivity contribution in [3.63, 3.8) is 0 Å². The molecule has 0 saturated heterocycles. The first-order valence-corrected chi connectivity index (χ1v) is 8.11. The van der Waals surface area contributed by atoms with Crippen LogP contribution in [0.1, 0.15) is 30.5 Å². The minimum absolute atomic E-state index is 0.544. The first-order chi connectivity index (χ1) is 8.79. The third-order valence-corrected chi connectivity index (χ3v) is 5.30. The maximum atomic E-state index is 3.62. The van der Waals surface area contributed by atoms with Gasteiger partial charge in [-0.2, -0.15) is 11.3 Å². The molecule has 0 amide bonds. The van der Waals surface area contributed by atoms with Gasteiger partial charge in [0.05, 0.1) is 0 Å². The van der Waals surface area contributed by atoms with Gasteiger partial charge in [-0.05, 0) is 63.5 Å². The number of hydrogen-bond acceptors (Lipinski definition) is 2. The Morgan fingerprint density at radius 1 is 1.39 bits per heavy atom. The summed E-state index contributed by atoms with van der Waals surface area (Å²) in [6.45, 7) is 3.22. The number of halogens is 1. The number of aryl methyl sites for hydroxylation is 1. The van der Waals surface area contributed by atoms with Gasteiger partial charge in [-0.15, -0.1) is 0 Å². The van der Waals surface area contributed by atoms with Gasteiger partial charge >= 0.3 is 0 Å². The van der Waals surface area contributed by atoms with Crippen LogP contribution in [-0.4, -0.2) is 6.54 Å². The van der Waals surface area contributed by atoms with Gasteiger partial charge in [0, 0.05) is 21.5 Å². The van der Waals surface area contributed by atoms with Crippen LogP contribution in [0.2, 0.25) is 0 Å². The number of fused-ring (bicyclic) bond motifs is 1. The standard InChI is InChI=1S/C15H16BrNS/c1-2-17-15-6-5-10-3-4-11(7-12(10)15)13-8-18-9-14(13)16/h3-4,7-9,15,17H,2,5-6H2,1H3. The van der Waals surface area contributed by atoms with Gasteiger partial charge in [0.1, 0.15) is 0 Å². The van der Waals surface area contributed by atoms with E-state index in [1.54, 1.807) is 11.3 Å². The number of rotatable bonds is 3. The largest absolute Gasteiger partial charge is 0.310 e. The summed E-state index contributed by atoms with van der Waals surface area (Å²) in [5.74, 6) is 0. The molecule has 1 N–H and O–H groups in total. The first kappa shape index (κ1) is 12.4. The fourth-order valence-electron chi connectivity index (χ4n) is 2.72. The predicted molar refractivity (Wildman–Crippen MR) is 82.2 cm³/mol. The molecule has 0 saturated carbocycles. The molecule has 0 radical (unpaired) electrons. The summed E-state index contributed by atoms with van der Waals surface area (Å²) in [4.78, 5) is 0. The van der Waals surface area contributed by atoms with Crippen LogP contribution >= 0.6 is 27.3 Å². The Labute approximate surface area is 120 Å². The molecule has 1 aliphatic rings. The maximum absolute atomic E-state index is 3.62. The van der Waals surface area contributed by atoms with E-state index in [-0.39, 0.29) is 0 Å². The van der Waals surface area contributed by atoms with Crippen LogP contribution in [0.3, 0.4) is 0 Å². The maximum Gasteiger partial charge on any atom is 0.0360 e. The van der Waals surface area contributed by atoms with Crippen molar-refractivity contribution in [3.05, 3.63) is 44.6 Å². The van der Waals surface area contributed by atoms with E-state index >= 15 is 0 Å². The molecule has 0 bridgehead atoms. The highest BCUT2D eigenvalue weighted by molar-refractivity contribution is 9.10. The number of benzene rings is 1. The third-order valence-electron chi connectivity index (χ3n) is 3.60. The first-order valence-electron chi connectivity index (χ1n) is 6.38. The number of thiophene rings is 1. The average Bonchev–Trinajstić information content (AvgIpc) is 2.96. The summed E-state index contributed by atoms with van der Waals surface area (Å²) >= 11 is 5.37. The molecule has 18 heavy (non-hydrogen) atoms. The molecule has 1 heterocycles. The van der Waals surface area contributed by atoms with Crippen molar-refractivity contribution in [2.75, 3.05) is 6.54 Å². The fourth-order valence-corrected chi connectivity index (χ4v) is 4.25. The van der Waals surface area contributed by atoms with Crippen molar-refractivity contribution in [2.45, 2.75) is 25.8 Å². The third kappa shape index (κ3) is 2.15. The van der Waals surface area contributed by atoms with Gasteiger partial charge in [-0.1, -0.05) is 19.1 Å². The summed E-state index contributed by atoms with van der Waals surface area (Å²) in [5.41, 5.74) is 5.64. The molecule has 2 aromatic rings. The second-order valence-electron chi connectivity index (χ2n) is 4.70. The van der Waals surface area contributed by atoms with Gasteiger partial charge in [-0.25, -0.2) is 0 Å². The summed E-state index contributed by atoms with van der Waals surface area (Å²) < 4.78 is 1.20. The molecule has 1 nitrogen and oxygen atoms in total. The lowest BCUT2D eigenvalue weighted by Gasteiger charge is -2.13. The van der Waals surface area contributed by atoms with Crippen molar-refractivity contribution < 1.29 is 0 Å². The monoisotopic (exact) mass is 321 g/mol. The summed E-state index contributed by atoms with van der Waals surface area (Å²) in [6, 6.07) is 7.46. The van der Waals surface area contributed by atoms with Crippen molar-refractivity contribution in [2.24, 2.45) is 0 Å². The molecular weight excluding hydrogens is 306 g/mol. The van der Waals surface area contributed by atoms with E-state index in [1.807, 2.05) is 0 Å². The molecule has 1 aromatic carbocycles. The Morgan fingerprint density at radius 2 is 2.28 bits per heavy atom. The van der Waals surface area contributed by atoms with Crippen LogP contribution in [0.15, 0.2) is 33.4 Å². The zero-order valence-corrected chi connectivity index (χ0v) is 12.8. The fraction of sp³-hybridized carbons (Fsp3) is 0.333. The molecule has 1 aliphatic carbocycles. The van der Waals surface area contributed by atoms with Gasteiger partial charge in [-0.3, -0.25) is 0 Å². The molecule has 0 spiro atoms. The summed E-state index contributed by atoms with van der Waals surface area (Å²) in [7, 11) is 0. The second kappa shape index (κ2) is 5.16. The van der Waals surface area contributed by atoms with E-state index in [9.17, 15) is 0 Å². The van der Waals surface area contributed by atoms with Gasteiger partial charge in [0.15, 0.2) is 0 Å². The topological polar surface area (TPSA) is 12.0 Å². The van der Waals surface area contributed by atoms with Gasteiger partial charge < -0.3 is 5.32 Å². The zero-order chi connectivity index (χ0) is 12.5. The van der Waals surface area contributed by atoms with Gasteiger partial charge in [0.2, 0.25) is 0 Å². The normalized spacial score (nSPS) is 18.0. The molecule has 1 atom stereocenters. The second-order valence-corrected chi connectivity index (χ2v) is 6.29. The van der Waals surface area contributed by atoms with E-state index in [0.717, 1.165) is 6.54 Å². The minimum atomic E-state index is 0.544. The lowest BCUT2D eigenvalue weighted by Crippen LogP contribution is -2.18. The number of hydrogen-bond donors (Lipinski definition) is 1. The molecular formula is C15H16BrNS. The summed E-state index contributed by atoms with van der Waals surface area (Å²) in [6.07, 6.45) is 2.44. The molecule has 94 valence electrons. The van der Waals surface area contributed by atoms with E-state index in [0.29, 0.717) is 6.04 Å². The average molecular weight is 322 g/mol. The van der Waals surface area contributed by atoms with Crippen LogP contribution in [0.5, 0.6) is 0 Å². The molecule has 1 unspecified atom stereocenters. The highest BCUT2D eigenvalue weighted by atomic mass is 79.9. The van der Waals surface area contributed by atoms with E-state index in [1.165, 1.54) is 39.6 Å². The summed E-state index contributed by atoms with van der Waals surface area (Å²) in [5, 5.41) is 7.93. The number of nitrogens with one attached hydrogen (secondary N) is 1. The van der Waals surface area contributed by atoms with Crippen molar-refractivity contribution in [1.29, 1.82) is 0 Å². The highest BCUT2D eigenvalue weighted by Crippen LogP contribution is 2.37. The van der Waals surface area contributed by atoms with E-state index in [4.69, 9.17) is 0 Å². The molecule has 1 aromatic heterocycles. The smallest absolute Gasteiger partial charge is 0.0360 e. The van der Waals surface area contributed by atoms with Crippen LogP contribution in [0, 0.1) is 0 Å². The van der Waals surface area contributed by atoms with Crippen LogP contribution < -0.4 is 5.32 Å². The Balaban J connectivity index is 2.00. The van der Waals surface area contributed by atoms with Gasteiger partial charge in [0.25, 0.3) is 0 Å². The molecule has 3 heteroatoms. The van der Waals surface area contributed by atoms with E-state index < -0.39 is 0 Å². The molecule has 0 aliphatic heterocycles. The lowest BCUT2D eigenvalue weighted by atomic mass is 10.0. The molecule has 3 rings (SSSR count). The Morgan fingerprint density at radius 3 is 3.00 bits per heavy atom. The quantitative estimate of drug-likeness (QED) is 0.858. The van der Waals surface area contributed by atoms with Crippen molar-refractivity contribution >= 4 is 27.3 Å². The Kier molecular flexibility index (Phi) is 3.55. The Bertz CT molecular complexity index is 559. The van der Waals surface area contributed by atoms with Crippen LogP contribution in [0.25, 0.3) is 11.1 Å². The van der Waals surface area contributed by atoms with Crippen LogP contribution in [0.4, 0.5) is 0 Å². The molecule has 0 fully saturated rings. The predicted octanol–water partition coefficient (Wildman–Crippen LogP) is 4.77. The highest BCUT2D eigenvalue weighted by Gasteiger charge is 2.22. The van der Waals surface area contributed by atoms with Crippen LogP contribution in [-0.2, 0) is 6.42 Å².